The first kappa shape index (κ1) is 13.1. The molecule has 1 aliphatic heterocycles. The van der Waals surface area contributed by atoms with Crippen LogP contribution in [0.3, 0.4) is 0 Å². The molecule has 5 heteroatoms. The second kappa shape index (κ2) is 5.63. The van der Waals surface area contributed by atoms with Gasteiger partial charge in [-0.05, 0) is 37.5 Å². The molecular weight excluding hydrogens is 254 g/mol. The molecule has 2 aromatic rings. The molecule has 106 valence electrons. The molecule has 1 N–H and O–H groups in total. The van der Waals surface area contributed by atoms with E-state index in [0.29, 0.717) is 13.2 Å². The molecule has 2 aromatic heterocycles. The van der Waals surface area contributed by atoms with Gasteiger partial charge in [-0.3, -0.25) is 4.79 Å². The molecule has 1 amide bonds. The van der Waals surface area contributed by atoms with Crippen molar-refractivity contribution >= 4 is 11.6 Å². The summed E-state index contributed by atoms with van der Waals surface area (Å²) in [5, 5.41) is 2.92. The number of nitrogens with zero attached hydrogens (tertiary/aromatic N) is 2. The summed E-state index contributed by atoms with van der Waals surface area (Å²) in [4.78, 5) is 16.3. The van der Waals surface area contributed by atoms with Crippen LogP contribution in [-0.4, -0.2) is 34.5 Å². The SMILES string of the molecule is Cc1ccn2cc(CCNC(=O)C3CCCO3)nc2c1. The van der Waals surface area contributed by atoms with E-state index in [9.17, 15) is 4.79 Å². The van der Waals surface area contributed by atoms with E-state index in [-0.39, 0.29) is 12.0 Å². The fraction of sp³-hybridized carbons (Fsp3) is 0.467. The van der Waals surface area contributed by atoms with Gasteiger partial charge in [0, 0.05) is 32.0 Å². The lowest BCUT2D eigenvalue weighted by molar-refractivity contribution is -0.129. The minimum absolute atomic E-state index is 0.00195. The zero-order valence-corrected chi connectivity index (χ0v) is 11.6. The fourth-order valence-corrected chi connectivity index (χ4v) is 2.47. The van der Waals surface area contributed by atoms with Crippen molar-refractivity contribution in [3.05, 3.63) is 35.8 Å². The maximum Gasteiger partial charge on any atom is 0.249 e. The van der Waals surface area contributed by atoms with E-state index in [1.807, 2.05) is 16.8 Å². The third-order valence-electron chi connectivity index (χ3n) is 3.57. The van der Waals surface area contributed by atoms with E-state index in [1.54, 1.807) is 0 Å². The molecule has 1 fully saturated rings. The Kier molecular flexibility index (Phi) is 3.69. The van der Waals surface area contributed by atoms with Crippen LogP contribution in [0.4, 0.5) is 0 Å². The van der Waals surface area contributed by atoms with Crippen LogP contribution >= 0.6 is 0 Å². The lowest BCUT2D eigenvalue weighted by atomic mass is 10.2. The van der Waals surface area contributed by atoms with E-state index in [0.717, 1.165) is 30.6 Å². The van der Waals surface area contributed by atoms with Crippen molar-refractivity contribution in [3.8, 4) is 0 Å². The van der Waals surface area contributed by atoms with Crippen LogP contribution in [0.2, 0.25) is 0 Å². The highest BCUT2D eigenvalue weighted by molar-refractivity contribution is 5.80. The van der Waals surface area contributed by atoms with Gasteiger partial charge < -0.3 is 14.5 Å². The van der Waals surface area contributed by atoms with Crippen LogP contribution in [0, 0.1) is 6.92 Å². The zero-order valence-electron chi connectivity index (χ0n) is 11.6. The minimum atomic E-state index is -0.251. The molecular formula is C15H19N3O2. The number of amides is 1. The van der Waals surface area contributed by atoms with E-state index < -0.39 is 0 Å². The Morgan fingerprint density at radius 3 is 3.30 bits per heavy atom. The molecule has 1 atom stereocenters. The average molecular weight is 273 g/mol. The van der Waals surface area contributed by atoms with Gasteiger partial charge in [0.05, 0.1) is 5.69 Å². The molecule has 1 saturated heterocycles. The molecule has 0 bridgehead atoms. The lowest BCUT2D eigenvalue weighted by Gasteiger charge is -2.09. The number of imidazole rings is 1. The van der Waals surface area contributed by atoms with Crippen molar-refractivity contribution in [3.63, 3.8) is 0 Å². The largest absolute Gasteiger partial charge is 0.368 e. The Labute approximate surface area is 118 Å². The number of nitrogens with one attached hydrogen (secondary N) is 1. The van der Waals surface area contributed by atoms with Crippen molar-refractivity contribution < 1.29 is 9.53 Å². The highest BCUT2D eigenvalue weighted by atomic mass is 16.5. The summed E-state index contributed by atoms with van der Waals surface area (Å²) in [7, 11) is 0. The highest BCUT2D eigenvalue weighted by Crippen LogP contribution is 2.12. The predicted molar refractivity (Wildman–Crippen MR) is 75.6 cm³/mol. The maximum absolute atomic E-state index is 11.8. The molecule has 3 rings (SSSR count). The van der Waals surface area contributed by atoms with Crippen LogP contribution in [0.15, 0.2) is 24.5 Å². The number of aromatic nitrogens is 2. The van der Waals surface area contributed by atoms with E-state index >= 15 is 0 Å². The number of rotatable bonds is 4. The predicted octanol–water partition coefficient (Wildman–Crippen LogP) is 1.48. The van der Waals surface area contributed by atoms with Crippen LogP contribution in [0.1, 0.15) is 24.1 Å². The van der Waals surface area contributed by atoms with Gasteiger partial charge in [-0.2, -0.15) is 0 Å². The number of pyridine rings is 1. The van der Waals surface area contributed by atoms with E-state index in [1.165, 1.54) is 5.56 Å². The topological polar surface area (TPSA) is 55.6 Å². The van der Waals surface area contributed by atoms with Crippen molar-refractivity contribution in [2.45, 2.75) is 32.3 Å². The molecule has 0 saturated carbocycles. The molecule has 1 unspecified atom stereocenters. The minimum Gasteiger partial charge on any atom is -0.368 e. The number of hydrogen-bond acceptors (Lipinski definition) is 3. The quantitative estimate of drug-likeness (QED) is 0.918. The first-order valence-corrected chi connectivity index (χ1v) is 7.06. The number of aryl methyl sites for hydroxylation is 1. The molecule has 0 spiro atoms. The molecule has 1 aliphatic rings. The van der Waals surface area contributed by atoms with Crippen molar-refractivity contribution in [2.24, 2.45) is 0 Å². The summed E-state index contributed by atoms with van der Waals surface area (Å²) in [6, 6.07) is 4.10. The van der Waals surface area contributed by atoms with Crippen LogP contribution in [0.5, 0.6) is 0 Å². The van der Waals surface area contributed by atoms with Gasteiger partial charge in [0.1, 0.15) is 11.8 Å². The van der Waals surface area contributed by atoms with Gasteiger partial charge in [0.2, 0.25) is 5.91 Å². The lowest BCUT2D eigenvalue weighted by Crippen LogP contribution is -2.35. The van der Waals surface area contributed by atoms with Crippen molar-refractivity contribution in [2.75, 3.05) is 13.2 Å². The van der Waals surface area contributed by atoms with Crippen LogP contribution < -0.4 is 5.32 Å². The van der Waals surface area contributed by atoms with Gasteiger partial charge in [-0.25, -0.2) is 4.98 Å². The first-order valence-electron chi connectivity index (χ1n) is 7.06. The normalized spacial score (nSPS) is 18.6. The van der Waals surface area contributed by atoms with Gasteiger partial charge in [0.25, 0.3) is 0 Å². The number of ether oxygens (including phenoxy) is 1. The monoisotopic (exact) mass is 273 g/mol. The fourth-order valence-electron chi connectivity index (χ4n) is 2.47. The van der Waals surface area contributed by atoms with Crippen molar-refractivity contribution in [1.29, 1.82) is 0 Å². The maximum atomic E-state index is 11.8. The Bertz CT molecular complexity index is 615. The number of carbonyl (C=O) groups is 1. The highest BCUT2D eigenvalue weighted by Gasteiger charge is 2.22. The Balaban J connectivity index is 1.55. The summed E-state index contributed by atoms with van der Waals surface area (Å²) in [5.74, 6) is 0.00195. The summed E-state index contributed by atoms with van der Waals surface area (Å²) >= 11 is 0. The van der Waals surface area contributed by atoms with E-state index in [2.05, 4.69) is 29.4 Å². The number of fused-ring (bicyclic) bond motifs is 1. The molecule has 5 nitrogen and oxygen atoms in total. The van der Waals surface area contributed by atoms with E-state index in [4.69, 9.17) is 4.74 Å². The standard InChI is InChI=1S/C15H19N3O2/c1-11-5-7-18-10-12(17-14(18)9-11)4-6-16-15(19)13-3-2-8-20-13/h5,7,9-10,13H,2-4,6,8H2,1H3,(H,16,19). The number of hydrogen-bond donors (Lipinski definition) is 1. The Hall–Kier alpha value is -1.88. The van der Waals surface area contributed by atoms with Crippen LogP contribution in [0.25, 0.3) is 5.65 Å². The molecule has 0 aliphatic carbocycles. The molecule has 0 radical (unpaired) electrons. The molecule has 0 aromatic carbocycles. The zero-order chi connectivity index (χ0) is 13.9. The van der Waals surface area contributed by atoms with Crippen molar-refractivity contribution in [1.82, 2.24) is 14.7 Å². The van der Waals surface area contributed by atoms with Crippen LogP contribution in [-0.2, 0) is 16.0 Å². The second-order valence-corrected chi connectivity index (χ2v) is 5.24. The van der Waals surface area contributed by atoms with Gasteiger partial charge >= 0.3 is 0 Å². The van der Waals surface area contributed by atoms with Gasteiger partial charge in [0.15, 0.2) is 0 Å². The number of carbonyl (C=O) groups excluding carboxylic acids is 1. The Morgan fingerprint density at radius 2 is 2.50 bits per heavy atom. The average Bonchev–Trinajstić information content (AvgIpc) is 3.06. The second-order valence-electron chi connectivity index (χ2n) is 5.24. The van der Waals surface area contributed by atoms with Gasteiger partial charge in [-0.15, -0.1) is 0 Å². The third-order valence-corrected chi connectivity index (χ3v) is 3.57. The molecule has 3 heterocycles. The Morgan fingerprint density at radius 1 is 1.60 bits per heavy atom. The van der Waals surface area contributed by atoms with Gasteiger partial charge in [-0.1, -0.05) is 0 Å². The summed E-state index contributed by atoms with van der Waals surface area (Å²) in [6.45, 7) is 3.35. The summed E-state index contributed by atoms with van der Waals surface area (Å²) < 4.78 is 7.35. The third kappa shape index (κ3) is 2.82. The molecule has 20 heavy (non-hydrogen) atoms. The smallest absolute Gasteiger partial charge is 0.249 e. The first-order chi connectivity index (χ1) is 9.72. The summed E-state index contributed by atoms with van der Waals surface area (Å²) in [6.07, 6.45) is 6.31. The summed E-state index contributed by atoms with van der Waals surface area (Å²) in [5.41, 5.74) is 3.13.